The van der Waals surface area contributed by atoms with Crippen LogP contribution < -0.4 is 15.0 Å². The summed E-state index contributed by atoms with van der Waals surface area (Å²) in [5.74, 6) is 0.549. The Bertz CT molecular complexity index is 1520. The topological polar surface area (TPSA) is 76.5 Å². The molecule has 0 radical (unpaired) electrons. The minimum atomic E-state index is -0.390. The molecule has 3 aromatic carbocycles. The molecule has 6 rings (SSSR count). The van der Waals surface area contributed by atoms with Gasteiger partial charge in [0.15, 0.2) is 0 Å². The molecule has 2 heterocycles. The maximum absolute atomic E-state index is 14.4. The van der Waals surface area contributed by atoms with Crippen molar-refractivity contribution in [1.29, 1.82) is 0 Å². The van der Waals surface area contributed by atoms with Crippen LogP contribution >= 0.6 is 11.8 Å². The molecule has 1 aromatic heterocycles. The lowest BCUT2D eigenvalue weighted by Crippen LogP contribution is -2.43. The Kier molecular flexibility index (Phi) is 6.83. The van der Waals surface area contributed by atoms with Gasteiger partial charge in [0.05, 0.1) is 29.5 Å². The maximum atomic E-state index is 14.4. The number of amides is 2. The van der Waals surface area contributed by atoms with Crippen molar-refractivity contribution in [3.05, 3.63) is 95.8 Å². The molecule has 1 saturated carbocycles. The number of carbonyl (C=O) groups excluding carboxylic acids is 2. The normalized spacial score (nSPS) is 16.9. The second kappa shape index (κ2) is 10.6. The van der Waals surface area contributed by atoms with Gasteiger partial charge in [-0.25, -0.2) is 9.07 Å². The Balaban J connectivity index is 1.59. The molecule has 1 N–H and O–H groups in total. The number of nitrogens with one attached hydrogen (secondary N) is 1. The van der Waals surface area contributed by atoms with Gasteiger partial charge < -0.3 is 10.1 Å². The van der Waals surface area contributed by atoms with E-state index in [4.69, 9.17) is 9.84 Å². The molecular formula is C30H27FN4O3S. The van der Waals surface area contributed by atoms with E-state index in [0.29, 0.717) is 22.9 Å². The number of halogens is 1. The molecule has 0 saturated heterocycles. The number of aromatic nitrogens is 2. The fourth-order valence-corrected chi connectivity index (χ4v) is 6.00. The van der Waals surface area contributed by atoms with Gasteiger partial charge in [-0.1, -0.05) is 42.5 Å². The van der Waals surface area contributed by atoms with Gasteiger partial charge in [0.2, 0.25) is 11.8 Å². The monoisotopic (exact) mass is 542 g/mol. The first-order valence-corrected chi connectivity index (χ1v) is 13.9. The lowest BCUT2D eigenvalue weighted by molar-refractivity contribution is -0.123. The Morgan fingerprint density at radius 2 is 1.85 bits per heavy atom. The largest absolute Gasteiger partial charge is 0.497 e. The van der Waals surface area contributed by atoms with Gasteiger partial charge in [0.25, 0.3) is 0 Å². The predicted octanol–water partition coefficient (Wildman–Crippen LogP) is 5.13. The zero-order valence-corrected chi connectivity index (χ0v) is 22.2. The third-order valence-electron chi connectivity index (χ3n) is 6.85. The van der Waals surface area contributed by atoms with Crippen LogP contribution in [0.4, 0.5) is 10.2 Å². The highest BCUT2D eigenvalue weighted by Gasteiger charge is 2.38. The Morgan fingerprint density at radius 3 is 2.54 bits per heavy atom. The van der Waals surface area contributed by atoms with Gasteiger partial charge in [-0.05, 0) is 54.8 Å². The summed E-state index contributed by atoms with van der Waals surface area (Å²) in [6, 6.07) is 23.7. The molecule has 4 aromatic rings. The summed E-state index contributed by atoms with van der Waals surface area (Å²) in [7, 11) is 1.60. The van der Waals surface area contributed by atoms with Gasteiger partial charge in [0, 0.05) is 17.2 Å². The van der Waals surface area contributed by atoms with E-state index in [2.05, 4.69) is 5.32 Å². The number of methoxy groups -OCH3 is 1. The lowest BCUT2D eigenvalue weighted by Gasteiger charge is -2.23. The van der Waals surface area contributed by atoms with E-state index in [9.17, 15) is 14.0 Å². The average molecular weight is 543 g/mol. The van der Waals surface area contributed by atoms with Gasteiger partial charge in [-0.2, -0.15) is 5.10 Å². The summed E-state index contributed by atoms with van der Waals surface area (Å²) >= 11 is 1.41. The van der Waals surface area contributed by atoms with E-state index in [1.54, 1.807) is 17.9 Å². The Morgan fingerprint density at radius 1 is 1.08 bits per heavy atom. The fourth-order valence-electron chi connectivity index (χ4n) is 4.81. The van der Waals surface area contributed by atoms with Crippen molar-refractivity contribution in [1.82, 2.24) is 15.1 Å². The molecule has 39 heavy (non-hydrogen) atoms. The van der Waals surface area contributed by atoms with Crippen LogP contribution in [0.5, 0.6) is 5.75 Å². The first-order valence-electron chi connectivity index (χ1n) is 12.8. The highest BCUT2D eigenvalue weighted by molar-refractivity contribution is 8.00. The van der Waals surface area contributed by atoms with Crippen molar-refractivity contribution in [2.75, 3.05) is 24.3 Å². The summed E-state index contributed by atoms with van der Waals surface area (Å²) in [6.45, 7) is -0.130. The molecule has 2 aliphatic rings. The van der Waals surface area contributed by atoms with Crippen LogP contribution in [0, 0.1) is 5.82 Å². The quantitative estimate of drug-likeness (QED) is 0.350. The molecule has 0 spiro atoms. The number of benzene rings is 3. The molecule has 0 bridgehead atoms. The first kappa shape index (κ1) is 25.2. The second-order valence-electron chi connectivity index (χ2n) is 9.63. The summed E-state index contributed by atoms with van der Waals surface area (Å²) < 4.78 is 21.5. The smallest absolute Gasteiger partial charge is 0.240 e. The number of hydrogen-bond donors (Lipinski definition) is 1. The molecule has 7 nitrogen and oxygen atoms in total. The summed E-state index contributed by atoms with van der Waals surface area (Å²) in [5, 5.41) is 7.65. The third kappa shape index (κ3) is 5.14. The molecule has 2 amide bonds. The van der Waals surface area contributed by atoms with Crippen molar-refractivity contribution >= 4 is 29.4 Å². The zero-order chi connectivity index (χ0) is 26.9. The number of ether oxygens (including phenoxy) is 1. The molecule has 1 aliphatic heterocycles. The first-order chi connectivity index (χ1) is 19.0. The molecule has 198 valence electrons. The third-order valence-corrected chi connectivity index (χ3v) is 8.10. The highest BCUT2D eigenvalue weighted by Crippen LogP contribution is 2.48. The van der Waals surface area contributed by atoms with Crippen molar-refractivity contribution in [2.45, 2.75) is 24.1 Å². The van der Waals surface area contributed by atoms with Crippen LogP contribution in [0.2, 0.25) is 0 Å². The minimum Gasteiger partial charge on any atom is -0.497 e. The number of carbonyl (C=O) groups is 2. The molecule has 1 atom stereocenters. The van der Waals surface area contributed by atoms with E-state index in [1.165, 1.54) is 28.8 Å². The van der Waals surface area contributed by atoms with Crippen molar-refractivity contribution in [3.8, 4) is 22.7 Å². The van der Waals surface area contributed by atoms with Crippen LogP contribution in [0.25, 0.3) is 16.9 Å². The van der Waals surface area contributed by atoms with Crippen molar-refractivity contribution in [2.24, 2.45) is 0 Å². The van der Waals surface area contributed by atoms with E-state index in [-0.39, 0.29) is 36.0 Å². The number of nitrogens with zero attached hydrogens (tertiary/aromatic N) is 3. The standard InChI is InChI=1S/C30H27FN4O3S/c1-38-24-14-12-23(13-15-24)35-30-27(28(33-35)19-6-3-2-4-7-19)29(20-8-5-9-21(31)16-20)39-18-26(37)34(30)17-25(36)32-22-10-11-22/h2-9,12-16,22,29H,10-11,17-18H2,1H3,(H,32,36)/t29-/m0/s1. The van der Waals surface area contributed by atoms with E-state index >= 15 is 0 Å². The zero-order valence-electron chi connectivity index (χ0n) is 21.3. The molecule has 9 heteroatoms. The number of anilines is 1. The average Bonchev–Trinajstić information content (AvgIpc) is 3.71. The van der Waals surface area contributed by atoms with Crippen LogP contribution in [0.3, 0.4) is 0 Å². The molecular weight excluding hydrogens is 515 g/mol. The van der Waals surface area contributed by atoms with E-state index in [0.717, 1.165) is 29.5 Å². The molecule has 0 unspecified atom stereocenters. The Labute approximate surface area is 230 Å². The molecule has 1 aliphatic carbocycles. The number of rotatable bonds is 7. The van der Waals surface area contributed by atoms with Crippen molar-refractivity contribution < 1.29 is 18.7 Å². The predicted molar refractivity (Wildman–Crippen MR) is 150 cm³/mol. The summed E-state index contributed by atoms with van der Waals surface area (Å²) in [6.07, 6.45) is 1.90. The van der Waals surface area contributed by atoms with Gasteiger partial charge in [0.1, 0.15) is 23.9 Å². The van der Waals surface area contributed by atoms with Crippen LogP contribution in [0.1, 0.15) is 29.2 Å². The van der Waals surface area contributed by atoms with E-state index in [1.807, 2.05) is 60.7 Å². The number of thioether (sulfide) groups is 1. The minimum absolute atomic E-state index is 0.128. The van der Waals surface area contributed by atoms with Crippen molar-refractivity contribution in [3.63, 3.8) is 0 Å². The van der Waals surface area contributed by atoms with Crippen LogP contribution in [0.15, 0.2) is 78.9 Å². The van der Waals surface area contributed by atoms with Gasteiger partial charge in [-0.3, -0.25) is 14.5 Å². The maximum Gasteiger partial charge on any atom is 0.240 e. The van der Waals surface area contributed by atoms with E-state index < -0.39 is 5.25 Å². The summed E-state index contributed by atoms with van der Waals surface area (Å²) in [5.41, 5.74) is 3.73. The second-order valence-corrected chi connectivity index (χ2v) is 10.7. The SMILES string of the molecule is COc1ccc(-n2nc(-c3ccccc3)c3c2N(CC(=O)NC2CC2)C(=O)CS[C@H]3c2cccc(F)c2)cc1. The lowest BCUT2D eigenvalue weighted by atomic mass is 9.99. The van der Waals surface area contributed by atoms with Crippen LogP contribution in [-0.4, -0.2) is 47.0 Å². The summed E-state index contributed by atoms with van der Waals surface area (Å²) in [4.78, 5) is 28.2. The highest BCUT2D eigenvalue weighted by atomic mass is 32.2. The van der Waals surface area contributed by atoms with Gasteiger partial charge >= 0.3 is 0 Å². The number of fused-ring (bicyclic) bond motifs is 1. The number of hydrogen-bond acceptors (Lipinski definition) is 5. The molecule has 1 fully saturated rings. The van der Waals surface area contributed by atoms with Crippen LogP contribution in [-0.2, 0) is 9.59 Å². The Hall–Kier alpha value is -4.11. The fraction of sp³-hybridized carbons (Fsp3) is 0.233. The van der Waals surface area contributed by atoms with Gasteiger partial charge in [-0.15, -0.1) is 11.8 Å².